The fourth-order valence-corrected chi connectivity index (χ4v) is 2.39. The van der Waals surface area contributed by atoms with E-state index in [1.807, 2.05) is 20.8 Å². The summed E-state index contributed by atoms with van der Waals surface area (Å²) in [6.45, 7) is 7.59. The Labute approximate surface area is 119 Å². The summed E-state index contributed by atoms with van der Waals surface area (Å²) in [6.07, 6.45) is 4.10. The van der Waals surface area contributed by atoms with E-state index in [-0.39, 0.29) is 17.7 Å². The molecule has 0 spiro atoms. The molecule has 1 unspecified atom stereocenters. The van der Waals surface area contributed by atoms with Crippen molar-refractivity contribution in [3.8, 4) is 0 Å². The summed E-state index contributed by atoms with van der Waals surface area (Å²) in [6, 6.07) is 0. The first-order valence-electron chi connectivity index (χ1n) is 6.86. The molecule has 2 rings (SSSR count). The molecule has 2 aliphatic rings. The molecule has 0 amide bonds. The third-order valence-corrected chi connectivity index (χ3v) is 3.76. The average Bonchev–Trinajstić information content (AvgIpc) is 2.68. The molecule has 0 N–H and O–H groups in total. The second-order valence-electron chi connectivity index (χ2n) is 5.58. The Hall–Kier alpha value is -1.84. The maximum absolute atomic E-state index is 12.4. The van der Waals surface area contributed by atoms with Gasteiger partial charge in [0.1, 0.15) is 0 Å². The lowest BCUT2D eigenvalue weighted by atomic mass is 9.80. The van der Waals surface area contributed by atoms with Gasteiger partial charge in [-0.3, -0.25) is 4.79 Å². The minimum absolute atomic E-state index is 0.0498. The van der Waals surface area contributed by atoms with Gasteiger partial charge in [-0.2, -0.15) is 0 Å². The SMILES string of the molecule is CC1=CC(O/C=C2/C(=O)C(=C(C)C)CC[C@H]2C)OC1=O. The topological polar surface area (TPSA) is 52.6 Å². The van der Waals surface area contributed by atoms with Crippen molar-refractivity contribution in [1.82, 2.24) is 0 Å². The number of hydrogen-bond donors (Lipinski definition) is 0. The van der Waals surface area contributed by atoms with Crippen molar-refractivity contribution in [3.63, 3.8) is 0 Å². The second kappa shape index (κ2) is 5.65. The highest BCUT2D eigenvalue weighted by molar-refractivity contribution is 6.09. The van der Waals surface area contributed by atoms with Crippen LogP contribution in [-0.4, -0.2) is 18.0 Å². The third-order valence-electron chi connectivity index (χ3n) is 3.76. The van der Waals surface area contributed by atoms with E-state index in [9.17, 15) is 9.59 Å². The van der Waals surface area contributed by atoms with Crippen LogP contribution in [0.4, 0.5) is 0 Å². The van der Waals surface area contributed by atoms with Crippen molar-refractivity contribution in [2.75, 3.05) is 0 Å². The van der Waals surface area contributed by atoms with Crippen LogP contribution in [0.1, 0.15) is 40.5 Å². The van der Waals surface area contributed by atoms with Crippen molar-refractivity contribution in [2.24, 2.45) is 5.92 Å². The largest absolute Gasteiger partial charge is 0.458 e. The predicted octanol–water partition coefficient (Wildman–Crippen LogP) is 3.05. The lowest BCUT2D eigenvalue weighted by molar-refractivity contribution is -0.152. The van der Waals surface area contributed by atoms with E-state index in [4.69, 9.17) is 9.47 Å². The molecule has 1 aliphatic heterocycles. The molecule has 4 nitrogen and oxygen atoms in total. The van der Waals surface area contributed by atoms with Crippen LogP contribution in [0.5, 0.6) is 0 Å². The van der Waals surface area contributed by atoms with E-state index in [2.05, 4.69) is 0 Å². The van der Waals surface area contributed by atoms with E-state index < -0.39 is 6.29 Å². The van der Waals surface area contributed by atoms with Crippen LogP contribution >= 0.6 is 0 Å². The summed E-state index contributed by atoms with van der Waals surface area (Å²) in [5.41, 5.74) is 3.10. The summed E-state index contributed by atoms with van der Waals surface area (Å²) in [5, 5.41) is 0. The number of cyclic esters (lactones) is 1. The minimum atomic E-state index is -0.716. The smallest absolute Gasteiger partial charge is 0.336 e. The lowest BCUT2D eigenvalue weighted by Gasteiger charge is -2.24. The van der Waals surface area contributed by atoms with Crippen LogP contribution in [0.15, 0.2) is 34.6 Å². The number of allylic oxidation sites excluding steroid dienone is 3. The van der Waals surface area contributed by atoms with E-state index in [0.717, 1.165) is 24.0 Å². The lowest BCUT2D eigenvalue weighted by Crippen LogP contribution is -2.21. The first kappa shape index (κ1) is 14.6. The fraction of sp³-hybridized carbons (Fsp3) is 0.500. The van der Waals surface area contributed by atoms with Gasteiger partial charge in [0, 0.05) is 17.2 Å². The molecule has 0 saturated heterocycles. The van der Waals surface area contributed by atoms with Crippen molar-refractivity contribution < 1.29 is 19.1 Å². The molecule has 0 bridgehead atoms. The molecule has 0 aromatic heterocycles. The molecular weight excluding hydrogens is 256 g/mol. The zero-order valence-corrected chi connectivity index (χ0v) is 12.4. The van der Waals surface area contributed by atoms with Gasteiger partial charge in [0.05, 0.1) is 6.26 Å². The Bertz CT molecular complexity index is 533. The molecule has 1 heterocycles. The van der Waals surface area contributed by atoms with Gasteiger partial charge >= 0.3 is 5.97 Å². The van der Waals surface area contributed by atoms with E-state index in [1.165, 1.54) is 6.26 Å². The number of hydrogen-bond acceptors (Lipinski definition) is 4. The van der Waals surface area contributed by atoms with E-state index in [1.54, 1.807) is 13.0 Å². The van der Waals surface area contributed by atoms with Crippen molar-refractivity contribution in [2.45, 2.75) is 46.8 Å². The molecule has 0 aromatic rings. The van der Waals surface area contributed by atoms with Gasteiger partial charge < -0.3 is 9.47 Å². The number of carbonyl (C=O) groups excluding carboxylic acids is 2. The van der Waals surface area contributed by atoms with Crippen LogP contribution < -0.4 is 0 Å². The zero-order valence-electron chi connectivity index (χ0n) is 12.4. The van der Waals surface area contributed by atoms with Gasteiger partial charge in [0.2, 0.25) is 0 Å². The molecule has 20 heavy (non-hydrogen) atoms. The Morgan fingerprint density at radius 3 is 2.65 bits per heavy atom. The van der Waals surface area contributed by atoms with Crippen LogP contribution in [0.25, 0.3) is 0 Å². The Morgan fingerprint density at radius 2 is 2.10 bits per heavy atom. The highest BCUT2D eigenvalue weighted by Crippen LogP contribution is 2.32. The van der Waals surface area contributed by atoms with Crippen LogP contribution in [-0.2, 0) is 19.1 Å². The molecule has 1 fully saturated rings. The van der Waals surface area contributed by atoms with Gasteiger partial charge in [-0.05, 0) is 45.1 Å². The standard InChI is InChI=1S/C16H20O4/c1-9(2)12-6-5-10(3)13(15(12)17)8-19-14-7-11(4)16(18)20-14/h7-8,10,14H,5-6H2,1-4H3/b13-8+/t10-,14?/m1/s1. The fourth-order valence-electron chi connectivity index (χ4n) is 2.39. The summed E-state index contributed by atoms with van der Waals surface area (Å²) >= 11 is 0. The summed E-state index contributed by atoms with van der Waals surface area (Å²) in [4.78, 5) is 23.6. The average molecular weight is 276 g/mol. The maximum atomic E-state index is 12.4. The highest BCUT2D eigenvalue weighted by Gasteiger charge is 2.29. The predicted molar refractivity (Wildman–Crippen MR) is 74.6 cm³/mol. The number of carbonyl (C=O) groups is 2. The summed E-state index contributed by atoms with van der Waals surface area (Å²) in [5.74, 6) is -0.164. The zero-order chi connectivity index (χ0) is 14.9. The van der Waals surface area contributed by atoms with Crippen LogP contribution in [0.3, 0.4) is 0 Å². The first-order valence-corrected chi connectivity index (χ1v) is 6.86. The van der Waals surface area contributed by atoms with Crippen molar-refractivity contribution >= 4 is 11.8 Å². The summed E-state index contributed by atoms with van der Waals surface area (Å²) in [7, 11) is 0. The summed E-state index contributed by atoms with van der Waals surface area (Å²) < 4.78 is 10.4. The number of rotatable bonds is 2. The Balaban J connectivity index is 2.14. The molecule has 2 atom stereocenters. The second-order valence-corrected chi connectivity index (χ2v) is 5.58. The molecule has 4 heteroatoms. The van der Waals surface area contributed by atoms with Gasteiger partial charge in [-0.25, -0.2) is 4.79 Å². The molecule has 108 valence electrons. The van der Waals surface area contributed by atoms with E-state index in [0.29, 0.717) is 11.1 Å². The monoisotopic (exact) mass is 276 g/mol. The Kier molecular flexibility index (Phi) is 4.12. The molecule has 0 aromatic carbocycles. The van der Waals surface area contributed by atoms with E-state index >= 15 is 0 Å². The van der Waals surface area contributed by atoms with Crippen molar-refractivity contribution in [3.05, 3.63) is 34.6 Å². The number of ketones is 1. The first-order chi connectivity index (χ1) is 9.40. The third kappa shape index (κ3) is 2.84. The molecule has 0 radical (unpaired) electrons. The molecule has 1 aliphatic carbocycles. The van der Waals surface area contributed by atoms with Gasteiger partial charge in [-0.15, -0.1) is 0 Å². The number of ether oxygens (including phenoxy) is 2. The Morgan fingerprint density at radius 1 is 1.40 bits per heavy atom. The van der Waals surface area contributed by atoms with Crippen LogP contribution in [0, 0.1) is 5.92 Å². The maximum Gasteiger partial charge on any atom is 0.336 e. The van der Waals surface area contributed by atoms with Gasteiger partial charge in [-0.1, -0.05) is 12.5 Å². The van der Waals surface area contributed by atoms with Crippen LogP contribution in [0.2, 0.25) is 0 Å². The quantitative estimate of drug-likeness (QED) is 0.442. The number of esters is 1. The van der Waals surface area contributed by atoms with Gasteiger partial charge in [0.15, 0.2) is 5.78 Å². The highest BCUT2D eigenvalue weighted by atomic mass is 16.7. The molecular formula is C16H20O4. The minimum Gasteiger partial charge on any atom is -0.458 e. The molecule has 1 saturated carbocycles. The normalized spacial score (nSPS) is 28.5. The van der Waals surface area contributed by atoms with Gasteiger partial charge in [0.25, 0.3) is 6.29 Å². The van der Waals surface area contributed by atoms with Crippen molar-refractivity contribution in [1.29, 1.82) is 0 Å². The number of Topliss-reactive ketones (excluding diaryl/α,β-unsaturated/α-hetero) is 1.